The van der Waals surface area contributed by atoms with Gasteiger partial charge in [0.05, 0.1) is 4.88 Å². The summed E-state index contributed by atoms with van der Waals surface area (Å²) < 4.78 is 10.4. The summed E-state index contributed by atoms with van der Waals surface area (Å²) in [6, 6.07) is 6.86. The first-order valence-corrected chi connectivity index (χ1v) is 9.49. The van der Waals surface area contributed by atoms with Crippen molar-refractivity contribution in [1.29, 1.82) is 0 Å². The predicted molar refractivity (Wildman–Crippen MR) is 104 cm³/mol. The molecule has 6 nitrogen and oxygen atoms in total. The maximum absolute atomic E-state index is 11.8. The zero-order valence-electron chi connectivity index (χ0n) is 15.2. The van der Waals surface area contributed by atoms with E-state index in [0.29, 0.717) is 15.6 Å². The zero-order chi connectivity index (χ0) is 20.0. The normalized spacial score (nSPS) is 10.6. The first-order valence-electron chi connectivity index (χ1n) is 8.24. The maximum Gasteiger partial charge on any atom is 0.344 e. The molecule has 1 aromatic carbocycles. The van der Waals surface area contributed by atoms with E-state index >= 15 is 0 Å². The van der Waals surface area contributed by atoms with E-state index in [-0.39, 0.29) is 12.5 Å². The number of imide groups is 1. The Kier molecular flexibility index (Phi) is 7.38. The van der Waals surface area contributed by atoms with Gasteiger partial charge in [-0.15, -0.1) is 11.3 Å². The number of ether oxygens (including phenoxy) is 2. The predicted octanol–water partition coefficient (Wildman–Crippen LogP) is 3.71. The van der Waals surface area contributed by atoms with Crippen molar-refractivity contribution in [3.8, 4) is 5.75 Å². The molecule has 0 fully saturated rings. The molecule has 0 unspecified atom stereocenters. The minimum atomic E-state index is -0.712. The molecule has 2 aromatic rings. The lowest BCUT2D eigenvalue weighted by atomic mass is 10.0. The molecule has 1 heterocycles. The number of nitrogens with one attached hydrogen (secondary N) is 1. The van der Waals surface area contributed by atoms with Crippen LogP contribution < -0.4 is 10.1 Å². The molecule has 2 rings (SSSR count). The summed E-state index contributed by atoms with van der Waals surface area (Å²) in [6.07, 6.45) is 0. The molecule has 1 N–H and O–H groups in total. The minimum Gasteiger partial charge on any atom is -0.482 e. The molecule has 1 aromatic heterocycles. The molecule has 0 aliphatic rings. The Morgan fingerprint density at radius 2 is 1.96 bits per heavy atom. The van der Waals surface area contributed by atoms with Crippen molar-refractivity contribution in [2.45, 2.75) is 26.7 Å². The molecule has 27 heavy (non-hydrogen) atoms. The number of carbonyl (C=O) groups is 3. The van der Waals surface area contributed by atoms with Crippen LogP contribution in [0.3, 0.4) is 0 Å². The van der Waals surface area contributed by atoms with Gasteiger partial charge in [0.1, 0.15) is 5.75 Å². The van der Waals surface area contributed by atoms with E-state index in [0.717, 1.165) is 11.1 Å². The van der Waals surface area contributed by atoms with E-state index in [4.69, 9.17) is 21.1 Å². The van der Waals surface area contributed by atoms with Crippen LogP contribution in [0.15, 0.2) is 29.6 Å². The lowest BCUT2D eigenvalue weighted by molar-refractivity contribution is -0.150. The van der Waals surface area contributed by atoms with Gasteiger partial charge in [0.2, 0.25) is 0 Å². The minimum absolute atomic E-state index is 0.156. The monoisotopic (exact) mass is 409 g/mol. The first-order chi connectivity index (χ1) is 12.8. The van der Waals surface area contributed by atoms with Crippen LogP contribution in [-0.2, 0) is 14.3 Å². The molecule has 0 saturated heterocycles. The lowest BCUT2D eigenvalue weighted by Crippen LogP contribution is -2.34. The Hall–Kier alpha value is -2.38. The van der Waals surface area contributed by atoms with Gasteiger partial charge in [-0.3, -0.25) is 14.9 Å². The molecule has 0 radical (unpaired) electrons. The number of aryl methyl sites for hydroxylation is 1. The Bertz CT molecular complexity index is 833. The van der Waals surface area contributed by atoms with E-state index < -0.39 is 24.4 Å². The SMILES string of the molecule is Cc1cc(OCC(=O)OCC(=O)NC(=O)c2cccs2)c(C(C)C)cc1Cl. The van der Waals surface area contributed by atoms with Crippen LogP contribution in [0.4, 0.5) is 0 Å². The number of amides is 2. The number of thiophene rings is 1. The fourth-order valence-corrected chi connectivity index (χ4v) is 2.99. The van der Waals surface area contributed by atoms with Gasteiger partial charge < -0.3 is 9.47 Å². The molecule has 0 aliphatic heterocycles. The van der Waals surface area contributed by atoms with Crippen LogP contribution in [0.2, 0.25) is 5.02 Å². The summed E-state index contributed by atoms with van der Waals surface area (Å²) in [7, 11) is 0. The van der Waals surface area contributed by atoms with Gasteiger partial charge in [-0.25, -0.2) is 4.79 Å². The topological polar surface area (TPSA) is 81.7 Å². The molecule has 0 spiro atoms. The van der Waals surface area contributed by atoms with Crippen LogP contribution in [0.25, 0.3) is 0 Å². The number of halogens is 1. The van der Waals surface area contributed by atoms with Gasteiger partial charge in [-0.1, -0.05) is 31.5 Å². The van der Waals surface area contributed by atoms with Crippen LogP contribution in [0, 0.1) is 6.92 Å². The third-order valence-corrected chi connectivity index (χ3v) is 4.90. The molecule has 0 atom stereocenters. The van der Waals surface area contributed by atoms with Crippen molar-refractivity contribution in [2.75, 3.05) is 13.2 Å². The smallest absolute Gasteiger partial charge is 0.344 e. The highest BCUT2D eigenvalue weighted by Crippen LogP contribution is 2.31. The average molecular weight is 410 g/mol. The van der Waals surface area contributed by atoms with E-state index in [1.807, 2.05) is 26.8 Å². The molecule has 0 aliphatic carbocycles. The maximum atomic E-state index is 11.8. The third-order valence-electron chi connectivity index (χ3n) is 3.62. The number of rotatable bonds is 7. The molecule has 8 heteroatoms. The third kappa shape index (κ3) is 6.08. The Morgan fingerprint density at radius 3 is 2.59 bits per heavy atom. The van der Waals surface area contributed by atoms with Crippen LogP contribution >= 0.6 is 22.9 Å². The fourth-order valence-electron chi connectivity index (χ4n) is 2.20. The second-order valence-electron chi connectivity index (χ2n) is 6.10. The van der Waals surface area contributed by atoms with E-state index in [1.54, 1.807) is 23.6 Å². The summed E-state index contributed by atoms with van der Waals surface area (Å²) >= 11 is 7.34. The molecular weight excluding hydrogens is 390 g/mol. The van der Waals surface area contributed by atoms with E-state index in [2.05, 4.69) is 5.32 Å². The van der Waals surface area contributed by atoms with E-state index in [1.165, 1.54) is 11.3 Å². The molecule has 2 amide bonds. The van der Waals surface area contributed by atoms with Gasteiger partial charge in [-0.05, 0) is 47.5 Å². The van der Waals surface area contributed by atoms with Crippen molar-refractivity contribution in [2.24, 2.45) is 0 Å². The molecule has 0 bridgehead atoms. The van der Waals surface area contributed by atoms with Crippen molar-refractivity contribution >= 4 is 40.7 Å². The van der Waals surface area contributed by atoms with Crippen LogP contribution in [0.5, 0.6) is 5.75 Å². The number of carbonyl (C=O) groups excluding carboxylic acids is 3. The van der Waals surface area contributed by atoms with Crippen molar-refractivity contribution in [3.05, 3.63) is 50.7 Å². The fraction of sp³-hybridized carbons (Fsp3) is 0.316. The lowest BCUT2D eigenvalue weighted by Gasteiger charge is -2.15. The Labute approximate surface area is 166 Å². The largest absolute Gasteiger partial charge is 0.482 e. The highest BCUT2D eigenvalue weighted by molar-refractivity contribution is 7.12. The summed E-state index contributed by atoms with van der Waals surface area (Å²) in [5.41, 5.74) is 1.70. The van der Waals surface area contributed by atoms with Gasteiger partial charge in [0.25, 0.3) is 11.8 Å². The van der Waals surface area contributed by atoms with Gasteiger partial charge in [-0.2, -0.15) is 0 Å². The summed E-state index contributed by atoms with van der Waals surface area (Å²) in [5.74, 6) is -1.24. The quantitative estimate of drug-likeness (QED) is 0.705. The number of benzene rings is 1. The number of esters is 1. The number of hydrogen-bond donors (Lipinski definition) is 1. The molecule has 144 valence electrons. The molecular formula is C19H20ClNO5S. The van der Waals surface area contributed by atoms with Gasteiger partial charge >= 0.3 is 5.97 Å². The highest BCUT2D eigenvalue weighted by atomic mass is 35.5. The summed E-state index contributed by atoms with van der Waals surface area (Å²) in [4.78, 5) is 35.7. The van der Waals surface area contributed by atoms with Crippen LogP contribution in [0.1, 0.15) is 40.6 Å². The van der Waals surface area contributed by atoms with Crippen LogP contribution in [-0.4, -0.2) is 31.0 Å². The zero-order valence-corrected chi connectivity index (χ0v) is 16.8. The van der Waals surface area contributed by atoms with E-state index in [9.17, 15) is 14.4 Å². The summed E-state index contributed by atoms with van der Waals surface area (Å²) in [6.45, 7) is 4.90. The number of hydrogen-bond acceptors (Lipinski definition) is 6. The standard InChI is InChI=1S/C19H20ClNO5S/c1-11(2)13-8-14(20)12(3)7-15(13)25-10-18(23)26-9-17(22)21-19(24)16-5-4-6-27-16/h4-8,11H,9-10H2,1-3H3,(H,21,22,24). The molecule has 0 saturated carbocycles. The summed E-state index contributed by atoms with van der Waals surface area (Å²) in [5, 5.41) is 4.50. The average Bonchev–Trinajstić information content (AvgIpc) is 3.15. The van der Waals surface area contributed by atoms with Crippen molar-refractivity contribution in [3.63, 3.8) is 0 Å². The van der Waals surface area contributed by atoms with Gasteiger partial charge in [0, 0.05) is 5.02 Å². The first kappa shape index (κ1) is 20.9. The van der Waals surface area contributed by atoms with Gasteiger partial charge in [0.15, 0.2) is 13.2 Å². The Morgan fingerprint density at radius 1 is 1.22 bits per heavy atom. The second kappa shape index (κ2) is 9.53. The second-order valence-corrected chi connectivity index (χ2v) is 7.45. The van der Waals surface area contributed by atoms with Crippen molar-refractivity contribution in [1.82, 2.24) is 5.32 Å². The Balaban J connectivity index is 1.83. The van der Waals surface area contributed by atoms with Crippen molar-refractivity contribution < 1.29 is 23.9 Å². The highest BCUT2D eigenvalue weighted by Gasteiger charge is 2.15.